The van der Waals surface area contributed by atoms with Crippen molar-refractivity contribution in [3.05, 3.63) is 23.8 Å². The lowest BCUT2D eigenvalue weighted by molar-refractivity contribution is 0.159. The Morgan fingerprint density at radius 1 is 1.44 bits per heavy atom. The van der Waals surface area contributed by atoms with Crippen molar-refractivity contribution in [3.8, 4) is 0 Å². The van der Waals surface area contributed by atoms with Crippen LogP contribution in [0.3, 0.4) is 0 Å². The Kier molecular flexibility index (Phi) is 6.77. The van der Waals surface area contributed by atoms with Crippen molar-refractivity contribution in [3.63, 3.8) is 0 Å². The molecular weight excluding hydrogens is 344 g/mol. The van der Waals surface area contributed by atoms with E-state index in [9.17, 15) is 13.2 Å². The van der Waals surface area contributed by atoms with Gasteiger partial charge in [0.25, 0.3) is 0 Å². The predicted molar refractivity (Wildman–Crippen MR) is 96.0 cm³/mol. The smallest absolute Gasteiger partial charge is 0.319 e. The highest BCUT2D eigenvalue weighted by atomic mass is 32.2. The Morgan fingerprint density at radius 3 is 2.88 bits per heavy atom. The standard InChI is InChI=1S/C16H26N4O4S/c1-12-3-4-14(25(17,22)23)9-15(12)19-16(21)18-10-13-5-6-20(11-13)7-8-24-2/h3-4,9,13H,5-8,10-11H2,1-2H3,(H2,17,22,23)(H2,18,19,21)/t13-/m1/s1. The number of anilines is 1. The average Bonchev–Trinajstić information content (AvgIpc) is 3.00. The van der Waals surface area contributed by atoms with Gasteiger partial charge in [-0.15, -0.1) is 0 Å². The van der Waals surface area contributed by atoms with Crippen LogP contribution in [0.25, 0.3) is 0 Å². The van der Waals surface area contributed by atoms with Gasteiger partial charge in [0.05, 0.1) is 11.5 Å². The first-order valence-corrected chi connectivity index (χ1v) is 9.74. The molecular formula is C16H26N4O4S. The van der Waals surface area contributed by atoms with E-state index < -0.39 is 10.0 Å². The van der Waals surface area contributed by atoms with Gasteiger partial charge in [0.2, 0.25) is 10.0 Å². The molecule has 0 spiro atoms. The van der Waals surface area contributed by atoms with Crippen molar-refractivity contribution in [1.82, 2.24) is 10.2 Å². The lowest BCUT2D eigenvalue weighted by atomic mass is 10.1. The Hall–Kier alpha value is -1.68. The molecule has 1 heterocycles. The molecule has 0 aromatic heterocycles. The summed E-state index contributed by atoms with van der Waals surface area (Å²) in [6.07, 6.45) is 1.03. The zero-order valence-electron chi connectivity index (χ0n) is 14.6. The molecule has 1 saturated heterocycles. The van der Waals surface area contributed by atoms with Crippen LogP contribution in [0.4, 0.5) is 10.5 Å². The summed E-state index contributed by atoms with van der Waals surface area (Å²) >= 11 is 0. The van der Waals surface area contributed by atoms with Gasteiger partial charge >= 0.3 is 6.03 Å². The molecule has 2 rings (SSSR count). The molecule has 0 saturated carbocycles. The quantitative estimate of drug-likeness (QED) is 0.655. The topological polar surface area (TPSA) is 114 Å². The Morgan fingerprint density at radius 2 is 2.20 bits per heavy atom. The number of hydrogen-bond acceptors (Lipinski definition) is 5. The second-order valence-electron chi connectivity index (χ2n) is 6.30. The molecule has 1 atom stereocenters. The summed E-state index contributed by atoms with van der Waals surface area (Å²) in [5.74, 6) is 0.402. The predicted octanol–water partition coefficient (Wildman–Crippen LogP) is 0.732. The highest BCUT2D eigenvalue weighted by molar-refractivity contribution is 7.89. The van der Waals surface area contributed by atoms with Crippen LogP contribution in [-0.2, 0) is 14.8 Å². The van der Waals surface area contributed by atoms with Crippen molar-refractivity contribution in [2.75, 3.05) is 45.2 Å². The molecule has 0 unspecified atom stereocenters. The number of carbonyl (C=O) groups excluding carboxylic acids is 1. The number of urea groups is 1. The molecule has 4 N–H and O–H groups in total. The number of methoxy groups -OCH3 is 1. The zero-order chi connectivity index (χ0) is 18.4. The SMILES string of the molecule is COCCN1CC[C@H](CNC(=O)Nc2cc(S(N)(=O)=O)ccc2C)C1. The first-order chi connectivity index (χ1) is 11.8. The minimum absolute atomic E-state index is 0.0297. The number of nitrogens with one attached hydrogen (secondary N) is 2. The van der Waals surface area contributed by atoms with Gasteiger partial charge < -0.3 is 20.3 Å². The van der Waals surface area contributed by atoms with E-state index in [-0.39, 0.29) is 10.9 Å². The second-order valence-corrected chi connectivity index (χ2v) is 7.87. The minimum Gasteiger partial charge on any atom is -0.383 e. The molecule has 0 bridgehead atoms. The molecule has 2 amide bonds. The zero-order valence-corrected chi connectivity index (χ0v) is 15.4. The van der Waals surface area contributed by atoms with Crippen molar-refractivity contribution < 1.29 is 17.9 Å². The summed E-state index contributed by atoms with van der Waals surface area (Å²) in [6.45, 7) is 5.91. The maximum absolute atomic E-state index is 12.1. The minimum atomic E-state index is -3.80. The molecule has 0 aliphatic carbocycles. The largest absolute Gasteiger partial charge is 0.383 e. The third-order valence-corrected chi connectivity index (χ3v) is 5.23. The van der Waals surface area contributed by atoms with Gasteiger partial charge in [0, 0.05) is 32.4 Å². The molecule has 140 valence electrons. The molecule has 8 nitrogen and oxygen atoms in total. The first-order valence-electron chi connectivity index (χ1n) is 8.19. The molecule has 1 aromatic carbocycles. The van der Waals surface area contributed by atoms with E-state index in [1.165, 1.54) is 12.1 Å². The normalized spacial score (nSPS) is 18.3. The highest BCUT2D eigenvalue weighted by Gasteiger charge is 2.22. The van der Waals surface area contributed by atoms with Crippen molar-refractivity contribution in [1.29, 1.82) is 0 Å². The number of nitrogens with zero attached hydrogens (tertiary/aromatic N) is 1. The maximum atomic E-state index is 12.1. The number of primary sulfonamides is 1. The van der Waals surface area contributed by atoms with Crippen LogP contribution in [0, 0.1) is 12.8 Å². The summed E-state index contributed by atoms with van der Waals surface area (Å²) in [6, 6.07) is 4.04. The van der Waals surface area contributed by atoms with Crippen LogP contribution in [0.15, 0.2) is 23.1 Å². The Bertz CT molecular complexity index is 708. The van der Waals surface area contributed by atoms with Crippen LogP contribution < -0.4 is 15.8 Å². The average molecular weight is 370 g/mol. The van der Waals surface area contributed by atoms with Crippen LogP contribution >= 0.6 is 0 Å². The molecule has 25 heavy (non-hydrogen) atoms. The third-order valence-electron chi connectivity index (χ3n) is 4.32. The van der Waals surface area contributed by atoms with E-state index >= 15 is 0 Å². The summed E-state index contributed by atoms with van der Waals surface area (Å²) < 4.78 is 27.9. The maximum Gasteiger partial charge on any atom is 0.319 e. The summed E-state index contributed by atoms with van der Waals surface area (Å²) in [4.78, 5) is 14.4. The van der Waals surface area contributed by atoms with E-state index in [0.717, 1.165) is 31.6 Å². The fourth-order valence-electron chi connectivity index (χ4n) is 2.82. The van der Waals surface area contributed by atoms with Crippen molar-refractivity contribution in [2.45, 2.75) is 18.2 Å². The summed E-state index contributed by atoms with van der Waals surface area (Å²) in [7, 11) is -2.12. The number of nitrogens with two attached hydrogens (primary N) is 1. The van der Waals surface area contributed by atoms with Gasteiger partial charge in [-0.05, 0) is 43.5 Å². The fraction of sp³-hybridized carbons (Fsp3) is 0.562. The highest BCUT2D eigenvalue weighted by Crippen LogP contribution is 2.19. The monoisotopic (exact) mass is 370 g/mol. The number of benzene rings is 1. The fourth-order valence-corrected chi connectivity index (χ4v) is 3.36. The Balaban J connectivity index is 1.85. The summed E-state index contributed by atoms with van der Waals surface area (Å²) in [5, 5.41) is 10.7. The molecule has 1 aliphatic heterocycles. The lowest BCUT2D eigenvalue weighted by Gasteiger charge is -2.16. The van der Waals surface area contributed by atoms with Crippen molar-refractivity contribution in [2.24, 2.45) is 11.1 Å². The molecule has 9 heteroatoms. The first kappa shape index (κ1) is 19.6. The third kappa shape index (κ3) is 5.96. The molecule has 1 aromatic rings. The number of ether oxygens (including phenoxy) is 1. The second kappa shape index (κ2) is 8.61. The number of hydrogen-bond donors (Lipinski definition) is 3. The van der Waals surface area contributed by atoms with Crippen LogP contribution in [0.5, 0.6) is 0 Å². The molecule has 1 fully saturated rings. The number of rotatable bonds is 7. The van der Waals surface area contributed by atoms with Gasteiger partial charge in [-0.3, -0.25) is 0 Å². The van der Waals surface area contributed by atoms with Gasteiger partial charge in [0.15, 0.2) is 0 Å². The number of aryl methyl sites for hydroxylation is 1. The molecule has 1 aliphatic rings. The Labute approximate surface area is 148 Å². The molecule has 0 radical (unpaired) electrons. The van der Waals surface area contributed by atoms with Crippen molar-refractivity contribution >= 4 is 21.7 Å². The van der Waals surface area contributed by atoms with Gasteiger partial charge in [0.1, 0.15) is 0 Å². The van der Waals surface area contributed by atoms with E-state index in [1.807, 2.05) is 0 Å². The van der Waals surface area contributed by atoms with Crippen LogP contribution in [0.1, 0.15) is 12.0 Å². The number of likely N-dealkylation sites (tertiary alicyclic amines) is 1. The van der Waals surface area contributed by atoms with E-state index in [4.69, 9.17) is 9.88 Å². The number of amides is 2. The number of carbonyl (C=O) groups is 1. The van der Waals surface area contributed by atoms with Gasteiger partial charge in [-0.2, -0.15) is 0 Å². The van der Waals surface area contributed by atoms with E-state index in [1.54, 1.807) is 20.1 Å². The van der Waals surface area contributed by atoms with E-state index in [2.05, 4.69) is 15.5 Å². The van der Waals surface area contributed by atoms with Gasteiger partial charge in [-0.1, -0.05) is 6.07 Å². The van der Waals surface area contributed by atoms with E-state index in [0.29, 0.717) is 24.8 Å². The van der Waals surface area contributed by atoms with Gasteiger partial charge in [-0.25, -0.2) is 18.4 Å². The lowest BCUT2D eigenvalue weighted by Crippen LogP contribution is -2.34. The summed E-state index contributed by atoms with van der Waals surface area (Å²) in [5.41, 5.74) is 1.19. The number of sulfonamides is 1. The van der Waals surface area contributed by atoms with Crippen LogP contribution in [0.2, 0.25) is 0 Å². The van der Waals surface area contributed by atoms with Crippen LogP contribution in [-0.4, -0.2) is 59.2 Å².